The summed E-state index contributed by atoms with van der Waals surface area (Å²) in [5.74, 6) is -1.47. The number of hydrogen-bond donors (Lipinski definition) is 2. The van der Waals surface area contributed by atoms with Crippen molar-refractivity contribution in [3.05, 3.63) is 42.5 Å². The Bertz CT molecular complexity index is 653. The van der Waals surface area contributed by atoms with Gasteiger partial charge in [-0.25, -0.2) is 0 Å². The number of aliphatic imine (C=N–C) groups is 1. The maximum Gasteiger partial charge on any atom is 1.00 e. The Morgan fingerprint density at radius 1 is 1.24 bits per heavy atom. The molecule has 0 fully saturated rings. The van der Waals surface area contributed by atoms with Crippen LogP contribution in [0.3, 0.4) is 0 Å². The van der Waals surface area contributed by atoms with E-state index in [4.69, 9.17) is 10.8 Å². The molecule has 0 aliphatic heterocycles. The monoisotopic (exact) mass is 278 g/mol. The van der Waals surface area contributed by atoms with Crippen LogP contribution in [0.5, 0.6) is 0 Å². The fourth-order valence-corrected chi connectivity index (χ4v) is 1.90. The molecule has 0 saturated heterocycles. The predicted octanol–water partition coefficient (Wildman–Crippen LogP) is -1.57. The minimum atomic E-state index is -1.11. The van der Waals surface area contributed by atoms with Crippen molar-refractivity contribution in [2.24, 2.45) is 10.7 Å². The van der Waals surface area contributed by atoms with Gasteiger partial charge in [-0.15, -0.1) is 0 Å². The summed E-state index contributed by atoms with van der Waals surface area (Å²) in [7, 11) is 0. The Labute approximate surface area is 134 Å². The largest absolute Gasteiger partial charge is 1.00 e. The van der Waals surface area contributed by atoms with Crippen molar-refractivity contribution in [3.63, 3.8) is 0 Å². The average Bonchev–Trinajstić information content (AvgIpc) is 2.45. The van der Waals surface area contributed by atoms with Crippen LogP contribution >= 0.6 is 0 Å². The van der Waals surface area contributed by atoms with Crippen LogP contribution in [-0.4, -0.2) is 23.0 Å². The molecule has 3 N–H and O–H groups in total. The number of carboxylic acids is 1. The first kappa shape index (κ1) is 17.2. The summed E-state index contributed by atoms with van der Waals surface area (Å²) < 4.78 is 0. The van der Waals surface area contributed by atoms with E-state index in [9.17, 15) is 9.90 Å². The van der Waals surface area contributed by atoms with E-state index in [0.29, 0.717) is 5.69 Å². The van der Waals surface area contributed by atoms with E-state index < -0.39 is 12.0 Å². The minimum Gasteiger partial charge on any atom is -0.862 e. The van der Waals surface area contributed by atoms with Gasteiger partial charge in [0.05, 0.1) is 5.69 Å². The molecule has 0 aliphatic carbocycles. The maximum atomic E-state index is 11.8. The van der Waals surface area contributed by atoms with Gasteiger partial charge in [0.25, 0.3) is 0 Å². The van der Waals surface area contributed by atoms with Crippen LogP contribution in [0, 0.1) is 0 Å². The van der Waals surface area contributed by atoms with Gasteiger partial charge in [0.1, 0.15) is 6.04 Å². The number of nitrogens with two attached hydrogens (primary N) is 1. The van der Waals surface area contributed by atoms with Crippen molar-refractivity contribution in [2.45, 2.75) is 18.9 Å². The molecule has 2 aromatic rings. The molecular formula is C15H15LiN2O3. The summed E-state index contributed by atoms with van der Waals surface area (Å²) in [4.78, 5) is 14.6. The fraction of sp³-hybridized carbons (Fsp3) is 0.200. The average molecular weight is 278 g/mol. The molecule has 0 radical (unpaired) electrons. The van der Waals surface area contributed by atoms with E-state index in [-0.39, 0.29) is 37.6 Å². The van der Waals surface area contributed by atoms with Crippen LogP contribution in [0.2, 0.25) is 0 Å². The number of aliphatic carboxylic acids is 1. The second-order valence-electron chi connectivity index (χ2n) is 4.49. The third kappa shape index (κ3) is 4.61. The van der Waals surface area contributed by atoms with Gasteiger partial charge < -0.3 is 15.9 Å². The van der Waals surface area contributed by atoms with Crippen LogP contribution < -0.4 is 29.7 Å². The predicted molar refractivity (Wildman–Crippen MR) is 75.9 cm³/mol. The zero-order valence-corrected chi connectivity index (χ0v) is 11.8. The molecule has 0 heterocycles. The first-order valence-corrected chi connectivity index (χ1v) is 6.28. The van der Waals surface area contributed by atoms with Crippen molar-refractivity contribution in [2.75, 3.05) is 0 Å². The summed E-state index contributed by atoms with van der Waals surface area (Å²) in [6, 6.07) is 12.1. The van der Waals surface area contributed by atoms with Gasteiger partial charge in [-0.1, -0.05) is 36.4 Å². The van der Waals surface area contributed by atoms with Gasteiger partial charge in [-0.3, -0.25) is 9.79 Å². The Kier molecular flexibility index (Phi) is 6.44. The Morgan fingerprint density at radius 2 is 1.90 bits per heavy atom. The molecular weight excluding hydrogens is 263 g/mol. The first-order chi connectivity index (χ1) is 9.58. The SMILES string of the molecule is N[C@@H](CCC([O-])=Nc1cccc2ccccc12)C(=O)O.[Li+]. The van der Waals surface area contributed by atoms with Gasteiger partial charge in [0, 0.05) is 5.39 Å². The van der Waals surface area contributed by atoms with E-state index in [1.807, 2.05) is 36.4 Å². The molecule has 0 aromatic heterocycles. The maximum absolute atomic E-state index is 11.8. The molecule has 104 valence electrons. The summed E-state index contributed by atoms with van der Waals surface area (Å²) in [5, 5.41) is 22.3. The van der Waals surface area contributed by atoms with Gasteiger partial charge >= 0.3 is 24.8 Å². The molecule has 0 amide bonds. The Morgan fingerprint density at radius 3 is 2.62 bits per heavy atom. The molecule has 6 heteroatoms. The smallest absolute Gasteiger partial charge is 0.862 e. The van der Waals surface area contributed by atoms with E-state index >= 15 is 0 Å². The molecule has 0 aliphatic rings. The van der Waals surface area contributed by atoms with Crippen LogP contribution in [0.1, 0.15) is 12.8 Å². The second kappa shape index (κ2) is 7.84. The summed E-state index contributed by atoms with van der Waals surface area (Å²) in [6.45, 7) is 0. The molecule has 0 unspecified atom stereocenters. The van der Waals surface area contributed by atoms with E-state index in [1.54, 1.807) is 6.07 Å². The van der Waals surface area contributed by atoms with Crippen LogP contribution in [0.4, 0.5) is 5.69 Å². The quantitative estimate of drug-likeness (QED) is 0.392. The Hall–Kier alpha value is -1.80. The minimum absolute atomic E-state index is 0. The van der Waals surface area contributed by atoms with E-state index in [0.717, 1.165) is 10.8 Å². The van der Waals surface area contributed by atoms with Crippen LogP contribution in [-0.2, 0) is 4.79 Å². The van der Waals surface area contributed by atoms with Crippen LogP contribution in [0.25, 0.3) is 10.8 Å². The molecule has 21 heavy (non-hydrogen) atoms. The summed E-state index contributed by atoms with van der Waals surface area (Å²) in [6.07, 6.45) is 0.110. The number of hydrogen-bond acceptors (Lipinski definition) is 4. The Balaban J connectivity index is 0.00000220. The number of benzene rings is 2. The number of fused-ring (bicyclic) bond motifs is 1. The third-order valence-corrected chi connectivity index (χ3v) is 3.00. The first-order valence-electron chi connectivity index (χ1n) is 6.28. The molecule has 0 saturated carbocycles. The van der Waals surface area contributed by atoms with Crippen LogP contribution in [0.15, 0.2) is 47.5 Å². The number of nitrogens with zero attached hydrogens (tertiary/aromatic N) is 1. The normalized spacial score (nSPS) is 12.7. The summed E-state index contributed by atoms with van der Waals surface area (Å²) in [5.41, 5.74) is 5.95. The fourth-order valence-electron chi connectivity index (χ4n) is 1.90. The summed E-state index contributed by atoms with van der Waals surface area (Å²) >= 11 is 0. The van der Waals surface area contributed by atoms with Crippen molar-refractivity contribution in [1.82, 2.24) is 0 Å². The van der Waals surface area contributed by atoms with Gasteiger partial charge in [-0.05, 0) is 30.2 Å². The van der Waals surface area contributed by atoms with Gasteiger partial charge in [0.15, 0.2) is 0 Å². The molecule has 2 rings (SSSR count). The van der Waals surface area contributed by atoms with Crippen molar-refractivity contribution < 1.29 is 33.9 Å². The zero-order valence-electron chi connectivity index (χ0n) is 11.8. The number of carbonyl (C=O) groups is 1. The second-order valence-corrected chi connectivity index (χ2v) is 4.49. The third-order valence-electron chi connectivity index (χ3n) is 3.00. The molecule has 0 spiro atoms. The molecule has 0 bridgehead atoms. The van der Waals surface area contributed by atoms with Crippen molar-refractivity contribution in [3.8, 4) is 0 Å². The molecule has 1 atom stereocenters. The van der Waals surface area contributed by atoms with Gasteiger partial charge in [0.2, 0.25) is 0 Å². The van der Waals surface area contributed by atoms with Crippen molar-refractivity contribution in [1.29, 1.82) is 0 Å². The van der Waals surface area contributed by atoms with E-state index in [1.165, 1.54) is 0 Å². The molecule has 2 aromatic carbocycles. The topological polar surface area (TPSA) is 98.7 Å². The number of rotatable bonds is 5. The zero-order chi connectivity index (χ0) is 14.5. The van der Waals surface area contributed by atoms with E-state index in [2.05, 4.69) is 4.99 Å². The molecule has 5 nitrogen and oxygen atoms in total. The van der Waals surface area contributed by atoms with Gasteiger partial charge in [-0.2, -0.15) is 0 Å². The number of carboxylic acid groups (broad SMARTS) is 1. The standard InChI is InChI=1S/C15H16N2O3.Li/c16-12(15(19)20)8-9-14(18)17-13-7-3-5-10-4-1-2-6-11(10)13;/h1-7,12H,8-9,16H2,(H,17,18)(H,19,20);/q;+1/p-1/t12-;/m0./s1. The van der Waals surface area contributed by atoms with Crippen molar-refractivity contribution >= 4 is 28.3 Å².